The maximum atomic E-state index is 13.5. The lowest BCUT2D eigenvalue weighted by atomic mass is 10.0. The Morgan fingerprint density at radius 1 is 0.841 bits per heavy atom. The van der Waals surface area contributed by atoms with Gasteiger partial charge in [0, 0.05) is 50.3 Å². The second-order valence-electron chi connectivity index (χ2n) is 15.5. The van der Waals surface area contributed by atoms with Crippen LogP contribution in [0, 0.1) is 13.8 Å². The highest BCUT2D eigenvalue weighted by Gasteiger charge is 2.26. The molecule has 1 aliphatic carbocycles. The molecule has 4 aromatic heterocycles. The van der Waals surface area contributed by atoms with Crippen molar-refractivity contribution in [1.29, 1.82) is 0 Å². The number of nitrogens with one attached hydrogen (secondary N) is 4. The number of amides is 3. The Kier molecular flexibility index (Phi) is 14.8. The third kappa shape index (κ3) is 11.5. The number of carbonyl (C=O) groups excluding carboxylic acids is 4. The lowest BCUT2D eigenvalue weighted by Crippen LogP contribution is -2.49. The molecule has 0 atom stereocenters. The molecule has 1 saturated heterocycles. The fourth-order valence-electron chi connectivity index (χ4n) is 7.82. The summed E-state index contributed by atoms with van der Waals surface area (Å²) in [7, 11) is 0. The molecule has 1 saturated carbocycles. The summed E-state index contributed by atoms with van der Waals surface area (Å²) in [6, 6.07) is 10.5. The number of rotatable bonds is 19. The summed E-state index contributed by atoms with van der Waals surface area (Å²) in [6.45, 7) is 9.52. The summed E-state index contributed by atoms with van der Waals surface area (Å²) in [5.41, 5.74) is 2.61. The Morgan fingerprint density at radius 3 is 2.32 bits per heavy atom. The molecular formula is C44H53N11O8. The summed E-state index contributed by atoms with van der Waals surface area (Å²) in [6.07, 6.45) is 8.83. The maximum Gasteiger partial charge on any atom is 0.301 e. The number of oxazole rings is 1. The van der Waals surface area contributed by atoms with Gasteiger partial charge in [-0.2, -0.15) is 4.98 Å². The minimum atomic E-state index is -0.463. The van der Waals surface area contributed by atoms with Crippen molar-refractivity contribution in [3.63, 3.8) is 0 Å². The molecule has 0 spiro atoms. The van der Waals surface area contributed by atoms with E-state index in [0.29, 0.717) is 72.7 Å². The van der Waals surface area contributed by atoms with Gasteiger partial charge in [0.15, 0.2) is 5.78 Å². The predicted octanol–water partition coefficient (Wildman–Crippen LogP) is 4.41. The quantitative estimate of drug-likeness (QED) is 0.0666. The van der Waals surface area contributed by atoms with Crippen LogP contribution in [0.3, 0.4) is 0 Å². The molecule has 5 aromatic rings. The average molecular weight is 864 g/mol. The summed E-state index contributed by atoms with van der Waals surface area (Å²) in [4.78, 5) is 86.0. The Balaban J connectivity index is 0.765. The monoisotopic (exact) mass is 863 g/mol. The lowest BCUT2D eigenvalue weighted by molar-refractivity contribution is -0.122. The molecule has 5 heterocycles. The Morgan fingerprint density at radius 2 is 1.60 bits per heavy atom. The third-order valence-corrected chi connectivity index (χ3v) is 11.0. The van der Waals surface area contributed by atoms with Gasteiger partial charge in [0.25, 0.3) is 11.5 Å². The van der Waals surface area contributed by atoms with Crippen LogP contribution in [0.1, 0.15) is 77.1 Å². The summed E-state index contributed by atoms with van der Waals surface area (Å²) in [5, 5.41) is 12.1. The largest absolute Gasteiger partial charge is 0.429 e. The van der Waals surface area contributed by atoms with Gasteiger partial charge in [-0.05, 0) is 63.4 Å². The molecule has 2 aliphatic rings. The lowest BCUT2D eigenvalue weighted by Gasteiger charge is -2.35. The fourth-order valence-corrected chi connectivity index (χ4v) is 7.82. The number of hydrogen-bond donors (Lipinski definition) is 4. The first-order valence-electron chi connectivity index (χ1n) is 21.2. The number of aryl methyl sites for hydroxylation is 2. The zero-order valence-electron chi connectivity index (χ0n) is 35.8. The number of carbonyl (C=O) groups is 4. The van der Waals surface area contributed by atoms with Crippen molar-refractivity contribution in [3.8, 4) is 0 Å². The van der Waals surface area contributed by atoms with Crippen molar-refractivity contribution in [2.75, 3.05) is 86.5 Å². The predicted molar refractivity (Wildman–Crippen MR) is 236 cm³/mol. The summed E-state index contributed by atoms with van der Waals surface area (Å²) in [5.74, 6) is 0.323. The summed E-state index contributed by atoms with van der Waals surface area (Å²) >= 11 is 0. The molecule has 7 rings (SSSR count). The molecule has 3 amide bonds. The van der Waals surface area contributed by atoms with Crippen LogP contribution < -0.4 is 31.7 Å². The van der Waals surface area contributed by atoms with Gasteiger partial charge in [-0.15, -0.1) is 0 Å². The highest BCUT2D eigenvalue weighted by atomic mass is 16.5. The number of para-hydroxylation sites is 1. The normalized spacial score (nSPS) is 14.5. The second kappa shape index (κ2) is 21.0. The van der Waals surface area contributed by atoms with Crippen molar-refractivity contribution in [2.24, 2.45) is 0 Å². The number of pyridine rings is 2. The first-order valence-corrected chi connectivity index (χ1v) is 21.2. The molecule has 332 valence electrons. The fraction of sp³-hybridized carbons (Fsp3) is 0.432. The van der Waals surface area contributed by atoms with Crippen molar-refractivity contribution >= 4 is 63.7 Å². The molecule has 19 nitrogen and oxygen atoms in total. The highest BCUT2D eigenvalue weighted by Crippen LogP contribution is 2.32. The Hall–Kier alpha value is -6.57. The van der Waals surface area contributed by atoms with Crippen LogP contribution >= 0.6 is 0 Å². The van der Waals surface area contributed by atoms with Crippen molar-refractivity contribution in [3.05, 3.63) is 87.8 Å². The molecular weight excluding hydrogens is 811 g/mol. The number of nitrogens with zero attached hydrogens (tertiary/aromatic N) is 7. The van der Waals surface area contributed by atoms with E-state index in [2.05, 4.69) is 46.0 Å². The number of benzene rings is 1. The number of ketones is 1. The van der Waals surface area contributed by atoms with Gasteiger partial charge in [0.2, 0.25) is 17.8 Å². The molecule has 63 heavy (non-hydrogen) atoms. The van der Waals surface area contributed by atoms with Gasteiger partial charge in [0.1, 0.15) is 17.2 Å². The standard InChI is InChI=1S/C44H53N11O8/c1-28-24-48-44(63-28)52-41(59)33-10-6-7-11-35(33)49-37(57)14-20-61-22-23-62-21-15-45-38(58)27-53-16-18-54(19-17-53)32-12-13-36(46-25-32)50-43-47-26-34-29(2)39(30(3)56)42(60)55(40(34)51-43)31-8-4-5-9-31/h6-7,10-13,24-26,31H,4-5,8-9,14-23,27H2,1-3H3,(H,45,58)(H,49,57)(H,48,52,59)(H,46,47,50,51). The number of hydrogen-bond acceptors (Lipinski definition) is 15. The first kappa shape index (κ1) is 44.5. The van der Waals surface area contributed by atoms with E-state index in [4.69, 9.17) is 18.9 Å². The summed E-state index contributed by atoms with van der Waals surface area (Å²) < 4.78 is 18.1. The van der Waals surface area contributed by atoms with Gasteiger partial charge >= 0.3 is 6.01 Å². The van der Waals surface area contributed by atoms with E-state index in [1.807, 2.05) is 12.1 Å². The minimum Gasteiger partial charge on any atom is -0.429 e. The van der Waals surface area contributed by atoms with E-state index < -0.39 is 5.91 Å². The van der Waals surface area contributed by atoms with Crippen LogP contribution in [0.5, 0.6) is 0 Å². The van der Waals surface area contributed by atoms with Gasteiger partial charge in [-0.3, -0.25) is 38.8 Å². The molecule has 4 N–H and O–H groups in total. The van der Waals surface area contributed by atoms with Gasteiger partial charge in [-0.1, -0.05) is 25.0 Å². The van der Waals surface area contributed by atoms with E-state index in [9.17, 15) is 24.0 Å². The average Bonchev–Trinajstić information content (AvgIpc) is 3.95. The van der Waals surface area contributed by atoms with Crippen LogP contribution in [-0.4, -0.2) is 119 Å². The van der Waals surface area contributed by atoms with Gasteiger partial charge in [0.05, 0.1) is 74.3 Å². The van der Waals surface area contributed by atoms with E-state index in [0.717, 1.165) is 44.5 Å². The van der Waals surface area contributed by atoms with Crippen LogP contribution in [0.25, 0.3) is 11.0 Å². The molecule has 1 aliphatic heterocycles. The number of Topliss-reactive ketones (excluding diaryl/α,β-unsaturated/α-hetero) is 1. The number of aromatic nitrogens is 5. The van der Waals surface area contributed by atoms with E-state index >= 15 is 0 Å². The SMILES string of the molecule is CC(=O)c1c(C)c2cnc(Nc3ccc(N4CCN(CC(=O)NCCOCCOCCC(=O)Nc5ccccc5C(=O)Nc5ncc(C)o5)CC4)cn3)nc2n(C2CCCC2)c1=O. The molecule has 2 fully saturated rings. The van der Waals surface area contributed by atoms with E-state index in [1.165, 1.54) is 13.1 Å². The van der Waals surface area contributed by atoms with Crippen molar-refractivity contribution in [1.82, 2.24) is 34.7 Å². The Bertz CT molecular complexity index is 2470. The smallest absolute Gasteiger partial charge is 0.301 e. The second-order valence-corrected chi connectivity index (χ2v) is 15.5. The van der Waals surface area contributed by atoms with Crippen LogP contribution in [0.2, 0.25) is 0 Å². The van der Waals surface area contributed by atoms with Crippen molar-refractivity contribution in [2.45, 2.75) is 58.9 Å². The number of anilines is 5. The topological polar surface area (TPSA) is 228 Å². The minimum absolute atomic E-state index is 0.00769. The van der Waals surface area contributed by atoms with Crippen LogP contribution in [0.4, 0.5) is 29.2 Å². The van der Waals surface area contributed by atoms with Gasteiger partial charge < -0.3 is 34.7 Å². The zero-order valence-corrected chi connectivity index (χ0v) is 35.8. The van der Waals surface area contributed by atoms with E-state index in [-0.39, 0.29) is 72.5 Å². The van der Waals surface area contributed by atoms with E-state index in [1.54, 1.807) is 55.1 Å². The number of ether oxygens (including phenoxy) is 2. The molecule has 1 aromatic carbocycles. The van der Waals surface area contributed by atoms with Gasteiger partial charge in [-0.25, -0.2) is 15.0 Å². The third-order valence-electron chi connectivity index (χ3n) is 11.0. The first-order chi connectivity index (χ1) is 30.5. The van der Waals surface area contributed by atoms with Crippen LogP contribution in [0.15, 0.2) is 64.2 Å². The molecule has 19 heteroatoms. The Labute approximate surface area is 364 Å². The molecule has 0 bridgehead atoms. The van der Waals surface area contributed by atoms with Crippen LogP contribution in [-0.2, 0) is 19.1 Å². The maximum absolute atomic E-state index is 13.5. The molecule has 0 radical (unpaired) electrons. The highest BCUT2D eigenvalue weighted by molar-refractivity contribution is 6.09. The number of piperazine rings is 1. The molecule has 0 unspecified atom stereocenters. The zero-order chi connectivity index (χ0) is 44.3. The number of fused-ring (bicyclic) bond motifs is 1. The van der Waals surface area contributed by atoms with Crippen molar-refractivity contribution < 1.29 is 33.1 Å².